The summed E-state index contributed by atoms with van der Waals surface area (Å²) in [6, 6.07) is 17.9. The van der Waals surface area contributed by atoms with Gasteiger partial charge in [0.15, 0.2) is 0 Å². The molecule has 0 saturated carbocycles. The molecule has 1 aliphatic heterocycles. The average molecular weight is 254 g/mol. The highest BCUT2D eigenvalue weighted by atomic mass is 32.2. The molecule has 0 aliphatic carbocycles. The molecule has 0 radical (unpaired) electrons. The quantitative estimate of drug-likeness (QED) is 0.707. The molecule has 1 heteroatoms. The Labute approximate surface area is 113 Å². The minimum absolute atomic E-state index is 0.581. The highest BCUT2D eigenvalue weighted by Gasteiger charge is 2.22. The lowest BCUT2D eigenvalue weighted by atomic mass is 9.85. The van der Waals surface area contributed by atoms with Crippen molar-refractivity contribution in [2.24, 2.45) is 0 Å². The number of thioether (sulfide) groups is 1. The van der Waals surface area contributed by atoms with Gasteiger partial charge >= 0.3 is 0 Å². The first kappa shape index (κ1) is 11.9. The summed E-state index contributed by atoms with van der Waals surface area (Å²) in [5, 5.41) is 0. The molecule has 2 aromatic carbocycles. The number of rotatable bonds is 2. The Morgan fingerprint density at radius 1 is 1.00 bits per heavy atom. The highest BCUT2D eigenvalue weighted by Crippen LogP contribution is 2.42. The first-order valence-corrected chi connectivity index (χ1v) is 7.68. The van der Waals surface area contributed by atoms with Crippen LogP contribution in [0.25, 0.3) is 0 Å². The van der Waals surface area contributed by atoms with E-state index >= 15 is 0 Å². The number of hydrogen-bond acceptors (Lipinski definition) is 1. The molecule has 1 aliphatic rings. The second-order valence-electron chi connectivity index (χ2n) is 4.87. The Bertz CT molecular complexity index is 497. The van der Waals surface area contributed by atoms with Crippen molar-refractivity contribution >= 4 is 11.8 Å². The van der Waals surface area contributed by atoms with Crippen LogP contribution in [0.4, 0.5) is 0 Å². The minimum atomic E-state index is 0.581. The molecule has 0 spiro atoms. The highest BCUT2D eigenvalue weighted by molar-refractivity contribution is 7.98. The van der Waals surface area contributed by atoms with Gasteiger partial charge in [-0.1, -0.05) is 55.8 Å². The van der Waals surface area contributed by atoms with Crippen LogP contribution in [0.5, 0.6) is 0 Å². The average Bonchev–Trinajstić information content (AvgIpc) is 2.58. The van der Waals surface area contributed by atoms with Crippen LogP contribution in [0.15, 0.2) is 53.4 Å². The van der Waals surface area contributed by atoms with Crippen LogP contribution >= 0.6 is 11.8 Å². The third kappa shape index (κ3) is 2.08. The molecule has 0 amide bonds. The van der Waals surface area contributed by atoms with Gasteiger partial charge in [0.25, 0.3) is 0 Å². The van der Waals surface area contributed by atoms with Crippen LogP contribution in [-0.2, 0) is 5.75 Å². The zero-order valence-corrected chi connectivity index (χ0v) is 11.5. The standard InChI is InChI=1S/C17H18S/c1-2-7-15-14-9-4-3-8-13(14)12-18-17-11-6-5-10-16(15)17/h3-6,8-11,15H,2,7,12H2,1H3/t15-/m0/s1. The summed E-state index contributed by atoms with van der Waals surface area (Å²) in [7, 11) is 0. The normalized spacial score (nSPS) is 17.7. The van der Waals surface area contributed by atoms with Crippen LogP contribution in [0.3, 0.4) is 0 Å². The van der Waals surface area contributed by atoms with Gasteiger partial charge in [-0.05, 0) is 29.2 Å². The summed E-state index contributed by atoms with van der Waals surface area (Å²) in [6.07, 6.45) is 2.48. The van der Waals surface area contributed by atoms with Crippen molar-refractivity contribution in [2.75, 3.05) is 0 Å². The Kier molecular flexibility index (Phi) is 3.42. The Morgan fingerprint density at radius 2 is 1.72 bits per heavy atom. The van der Waals surface area contributed by atoms with E-state index in [1.165, 1.54) is 34.4 Å². The zero-order chi connectivity index (χ0) is 12.4. The molecular formula is C17H18S. The smallest absolute Gasteiger partial charge is 0.0235 e. The molecule has 3 rings (SSSR count). The Hall–Kier alpha value is -1.21. The minimum Gasteiger partial charge on any atom is -0.121 e. The van der Waals surface area contributed by atoms with Crippen LogP contribution in [-0.4, -0.2) is 0 Å². The molecular weight excluding hydrogens is 236 g/mol. The fourth-order valence-electron chi connectivity index (χ4n) is 2.83. The van der Waals surface area contributed by atoms with E-state index < -0.39 is 0 Å². The molecule has 18 heavy (non-hydrogen) atoms. The van der Waals surface area contributed by atoms with Crippen LogP contribution in [0.1, 0.15) is 42.4 Å². The molecule has 0 saturated heterocycles. The predicted molar refractivity (Wildman–Crippen MR) is 79.2 cm³/mol. The fourth-order valence-corrected chi connectivity index (χ4v) is 3.95. The summed E-state index contributed by atoms with van der Waals surface area (Å²) in [6.45, 7) is 2.28. The summed E-state index contributed by atoms with van der Waals surface area (Å²) in [5.41, 5.74) is 4.57. The van der Waals surface area contributed by atoms with Gasteiger partial charge in [0.2, 0.25) is 0 Å². The van der Waals surface area contributed by atoms with Crippen LogP contribution in [0, 0.1) is 0 Å². The van der Waals surface area contributed by atoms with Gasteiger partial charge in [0, 0.05) is 16.6 Å². The van der Waals surface area contributed by atoms with Crippen LogP contribution in [0.2, 0.25) is 0 Å². The monoisotopic (exact) mass is 254 g/mol. The summed E-state index contributed by atoms with van der Waals surface area (Å²) in [4.78, 5) is 1.46. The lowest BCUT2D eigenvalue weighted by Crippen LogP contribution is -2.02. The van der Waals surface area contributed by atoms with E-state index in [1.54, 1.807) is 0 Å². The zero-order valence-electron chi connectivity index (χ0n) is 10.7. The molecule has 0 bridgehead atoms. The maximum absolute atomic E-state index is 2.32. The Balaban J connectivity index is 2.15. The van der Waals surface area contributed by atoms with E-state index in [-0.39, 0.29) is 0 Å². The molecule has 2 aromatic rings. The molecule has 0 unspecified atom stereocenters. The van der Waals surface area contributed by atoms with E-state index in [0.717, 1.165) is 5.75 Å². The fraction of sp³-hybridized carbons (Fsp3) is 0.294. The summed E-state index contributed by atoms with van der Waals surface area (Å²) >= 11 is 1.98. The second-order valence-corrected chi connectivity index (χ2v) is 5.88. The molecule has 0 aromatic heterocycles. The third-order valence-corrected chi connectivity index (χ3v) is 4.82. The second kappa shape index (κ2) is 5.19. The van der Waals surface area contributed by atoms with E-state index in [0.29, 0.717) is 5.92 Å². The maximum atomic E-state index is 2.32. The number of fused-ring (bicyclic) bond motifs is 2. The van der Waals surface area contributed by atoms with Gasteiger partial charge < -0.3 is 0 Å². The van der Waals surface area contributed by atoms with Crippen molar-refractivity contribution in [1.82, 2.24) is 0 Å². The van der Waals surface area contributed by atoms with Crippen LogP contribution < -0.4 is 0 Å². The SMILES string of the molecule is CCC[C@H]1c2ccccc2CSc2ccccc21. The van der Waals surface area contributed by atoms with E-state index in [9.17, 15) is 0 Å². The van der Waals surface area contributed by atoms with Gasteiger partial charge in [-0.3, -0.25) is 0 Å². The molecule has 1 atom stereocenters. The third-order valence-electron chi connectivity index (χ3n) is 3.69. The first-order chi connectivity index (χ1) is 8.90. The summed E-state index contributed by atoms with van der Waals surface area (Å²) < 4.78 is 0. The van der Waals surface area contributed by atoms with Crippen molar-refractivity contribution in [1.29, 1.82) is 0 Å². The topological polar surface area (TPSA) is 0 Å². The van der Waals surface area contributed by atoms with Gasteiger partial charge in [0.1, 0.15) is 0 Å². The van der Waals surface area contributed by atoms with E-state index in [1.807, 2.05) is 11.8 Å². The molecule has 92 valence electrons. The summed E-state index contributed by atoms with van der Waals surface area (Å²) in [5.74, 6) is 1.69. The lowest BCUT2D eigenvalue weighted by molar-refractivity contribution is 0.687. The lowest BCUT2D eigenvalue weighted by Gasteiger charge is -2.19. The first-order valence-electron chi connectivity index (χ1n) is 6.69. The molecule has 1 heterocycles. The van der Waals surface area contributed by atoms with Gasteiger partial charge in [-0.15, -0.1) is 11.8 Å². The number of benzene rings is 2. The Morgan fingerprint density at radius 3 is 2.56 bits per heavy atom. The van der Waals surface area contributed by atoms with Crippen molar-refractivity contribution in [2.45, 2.75) is 36.3 Å². The van der Waals surface area contributed by atoms with E-state index in [4.69, 9.17) is 0 Å². The van der Waals surface area contributed by atoms with Crippen molar-refractivity contribution < 1.29 is 0 Å². The maximum Gasteiger partial charge on any atom is 0.0235 e. The largest absolute Gasteiger partial charge is 0.121 e. The van der Waals surface area contributed by atoms with Gasteiger partial charge in [-0.25, -0.2) is 0 Å². The predicted octanol–water partition coefficient (Wildman–Crippen LogP) is 5.22. The van der Waals surface area contributed by atoms with Gasteiger partial charge in [-0.2, -0.15) is 0 Å². The molecule has 0 nitrogen and oxygen atoms in total. The van der Waals surface area contributed by atoms with Crippen molar-refractivity contribution in [3.05, 3.63) is 65.2 Å². The van der Waals surface area contributed by atoms with Crippen molar-refractivity contribution in [3.63, 3.8) is 0 Å². The molecule has 0 fully saturated rings. The molecule has 0 N–H and O–H groups in total. The van der Waals surface area contributed by atoms with Gasteiger partial charge in [0.05, 0.1) is 0 Å². The van der Waals surface area contributed by atoms with E-state index in [2.05, 4.69) is 55.5 Å². The van der Waals surface area contributed by atoms with Crippen molar-refractivity contribution in [3.8, 4) is 0 Å². The number of hydrogen-bond donors (Lipinski definition) is 0.